The Morgan fingerprint density at radius 2 is 0.932 bits per heavy atom. The van der Waals surface area contributed by atoms with Gasteiger partial charge in [-0.1, -0.05) is 79.1 Å². The van der Waals surface area contributed by atoms with Crippen LogP contribution in [0.4, 0.5) is 11.4 Å². The summed E-state index contributed by atoms with van der Waals surface area (Å²) in [5, 5.41) is 20.9. The van der Waals surface area contributed by atoms with Gasteiger partial charge in [-0.15, -0.1) is 0 Å². The lowest BCUT2D eigenvalue weighted by atomic mass is 9.86. The second-order valence-electron chi connectivity index (χ2n) is 15.5. The van der Waals surface area contributed by atoms with Crippen molar-refractivity contribution < 1.29 is 38.7 Å². The minimum atomic E-state index is -0.433. The van der Waals surface area contributed by atoms with E-state index in [4.69, 9.17) is 18.9 Å². The first-order valence-corrected chi connectivity index (χ1v) is 21.1. The topological polar surface area (TPSA) is 136 Å². The minimum Gasteiger partial charge on any atom is -0.507 e. The predicted octanol–water partition coefficient (Wildman–Crippen LogP) is 12.1. The number of aromatic hydroxyl groups is 2. The Balaban J connectivity index is 1.13. The minimum absolute atomic E-state index is 0.0848. The number of nitrogens with zero attached hydrogens (tertiary/aromatic N) is 2. The molecule has 0 fully saturated rings. The summed E-state index contributed by atoms with van der Waals surface area (Å²) >= 11 is 0. The highest BCUT2D eigenvalue weighted by Gasteiger charge is 2.20. The maximum absolute atomic E-state index is 12.7. The quantitative estimate of drug-likeness (QED) is 0.0363. The van der Waals surface area contributed by atoms with E-state index in [-0.39, 0.29) is 30.1 Å². The van der Waals surface area contributed by atoms with Gasteiger partial charge in [0.2, 0.25) is 0 Å². The zero-order valence-corrected chi connectivity index (χ0v) is 35.3. The summed E-state index contributed by atoms with van der Waals surface area (Å²) in [5.74, 6) is 0.556. The highest BCUT2D eigenvalue weighted by Crippen LogP contribution is 2.27. The van der Waals surface area contributed by atoms with Crippen molar-refractivity contribution in [3.63, 3.8) is 0 Å². The second-order valence-corrected chi connectivity index (χ2v) is 15.5. The molecule has 10 nitrogen and oxygen atoms in total. The van der Waals surface area contributed by atoms with E-state index < -0.39 is 11.9 Å². The van der Waals surface area contributed by atoms with Crippen LogP contribution in [0.2, 0.25) is 0 Å². The molecule has 0 aliphatic rings. The summed E-state index contributed by atoms with van der Waals surface area (Å²) in [6.45, 7) is 10.1. The van der Waals surface area contributed by atoms with Gasteiger partial charge in [-0.2, -0.15) is 0 Å². The summed E-state index contributed by atoms with van der Waals surface area (Å²) in [5.41, 5.74) is 2.95. The Labute approximate surface area is 350 Å². The predicted molar refractivity (Wildman–Crippen MR) is 236 cm³/mol. The summed E-state index contributed by atoms with van der Waals surface area (Å²) in [7, 11) is 0. The number of esters is 2. The molecule has 316 valence electrons. The van der Waals surface area contributed by atoms with E-state index in [1.54, 1.807) is 85.2 Å². The number of rotatable bonds is 26. The number of carbonyl (C=O) groups is 2. The van der Waals surface area contributed by atoms with Crippen molar-refractivity contribution in [2.24, 2.45) is 15.4 Å². The third kappa shape index (κ3) is 17.0. The Morgan fingerprint density at radius 1 is 0.542 bits per heavy atom. The third-order valence-electron chi connectivity index (χ3n) is 9.97. The van der Waals surface area contributed by atoms with E-state index in [9.17, 15) is 19.8 Å². The maximum atomic E-state index is 12.7. The number of benzene rings is 4. The molecule has 4 aromatic carbocycles. The van der Waals surface area contributed by atoms with Crippen LogP contribution in [-0.4, -0.2) is 61.0 Å². The van der Waals surface area contributed by atoms with Crippen molar-refractivity contribution >= 4 is 35.7 Å². The van der Waals surface area contributed by atoms with Crippen LogP contribution >= 0.6 is 0 Å². The number of phenolic OH excluding ortho intramolecular Hbond substituents is 2. The number of hydrogen-bond donors (Lipinski definition) is 2. The largest absolute Gasteiger partial charge is 0.507 e. The van der Waals surface area contributed by atoms with E-state index in [0.717, 1.165) is 25.7 Å². The van der Waals surface area contributed by atoms with Gasteiger partial charge >= 0.3 is 11.9 Å². The first-order valence-electron chi connectivity index (χ1n) is 21.1. The summed E-state index contributed by atoms with van der Waals surface area (Å²) in [6, 6.07) is 23.9. The van der Waals surface area contributed by atoms with Gasteiger partial charge in [-0.05, 0) is 104 Å². The van der Waals surface area contributed by atoms with Gasteiger partial charge in [-0.3, -0.25) is 9.98 Å². The number of hydrogen-bond acceptors (Lipinski definition) is 10. The molecule has 0 bridgehead atoms. The zero-order valence-electron chi connectivity index (χ0n) is 35.3. The van der Waals surface area contributed by atoms with E-state index in [0.29, 0.717) is 71.2 Å². The number of unbranched alkanes of at least 4 members (excludes halogenated alkanes) is 8. The molecule has 4 aromatic rings. The van der Waals surface area contributed by atoms with Crippen LogP contribution < -0.4 is 9.47 Å². The van der Waals surface area contributed by atoms with E-state index in [2.05, 4.69) is 23.8 Å². The molecule has 59 heavy (non-hydrogen) atoms. The van der Waals surface area contributed by atoms with Crippen molar-refractivity contribution in [3.05, 3.63) is 107 Å². The van der Waals surface area contributed by atoms with Gasteiger partial charge in [0.25, 0.3) is 0 Å². The molecule has 2 N–H and O–H groups in total. The lowest BCUT2D eigenvalue weighted by molar-refractivity contribution is 0.0389. The van der Waals surface area contributed by atoms with Crippen molar-refractivity contribution in [2.75, 3.05) is 26.4 Å². The van der Waals surface area contributed by atoms with Crippen molar-refractivity contribution in [2.45, 2.75) is 105 Å². The molecular formula is C49H62N2O8. The smallest absolute Gasteiger partial charge is 0.338 e. The molecule has 0 radical (unpaired) electrons. The average Bonchev–Trinajstić information content (AvgIpc) is 3.23. The number of aliphatic imine (C=N–C) groups is 2. The van der Waals surface area contributed by atoms with Gasteiger partial charge in [0.05, 0.1) is 48.9 Å². The van der Waals surface area contributed by atoms with E-state index in [1.807, 2.05) is 26.0 Å². The van der Waals surface area contributed by atoms with Crippen LogP contribution in [-0.2, 0) is 9.47 Å². The van der Waals surface area contributed by atoms with E-state index in [1.165, 1.54) is 38.5 Å². The van der Waals surface area contributed by atoms with Crippen molar-refractivity contribution in [1.82, 2.24) is 0 Å². The Hall–Kier alpha value is -5.64. The second kappa shape index (κ2) is 25.0. The Morgan fingerprint density at radius 3 is 1.31 bits per heavy atom. The van der Waals surface area contributed by atoms with Crippen LogP contribution in [0.3, 0.4) is 0 Å². The molecular weight excluding hydrogens is 745 g/mol. The lowest BCUT2D eigenvalue weighted by Gasteiger charge is -2.24. The van der Waals surface area contributed by atoms with E-state index >= 15 is 0 Å². The fraction of sp³-hybridized carbons (Fsp3) is 0.429. The van der Waals surface area contributed by atoms with Crippen LogP contribution in [0.15, 0.2) is 94.9 Å². The fourth-order valence-corrected chi connectivity index (χ4v) is 6.02. The monoisotopic (exact) mass is 806 g/mol. The van der Waals surface area contributed by atoms with Crippen molar-refractivity contribution in [3.8, 4) is 23.0 Å². The third-order valence-corrected chi connectivity index (χ3v) is 9.97. The highest BCUT2D eigenvalue weighted by atomic mass is 16.5. The fourth-order valence-electron chi connectivity index (χ4n) is 6.02. The molecule has 0 spiro atoms. The first-order chi connectivity index (χ1) is 28.6. The molecule has 0 saturated carbocycles. The van der Waals surface area contributed by atoms with Crippen LogP contribution in [0, 0.1) is 5.41 Å². The molecule has 0 unspecified atom stereocenters. The van der Waals surface area contributed by atoms with Gasteiger partial charge in [0.1, 0.15) is 23.0 Å². The summed E-state index contributed by atoms with van der Waals surface area (Å²) < 4.78 is 22.6. The molecule has 4 rings (SSSR count). The van der Waals surface area contributed by atoms with Gasteiger partial charge in [-0.25, -0.2) is 9.59 Å². The summed E-state index contributed by atoms with van der Waals surface area (Å²) in [6.07, 6.45) is 15.9. The SMILES string of the molecule is CCCCCCCOc1ccc(C=Nc2ccc(C(=O)OCCC(C)(C)CCOC(=O)c3ccc(N=Cc4ccc(OCCCCCCC)cc4O)cc3)cc2)c(O)c1. The van der Waals surface area contributed by atoms with Gasteiger partial charge in [0.15, 0.2) is 0 Å². The average molecular weight is 807 g/mol. The molecule has 0 heterocycles. The van der Waals surface area contributed by atoms with Crippen LogP contribution in [0.1, 0.15) is 137 Å². The molecule has 0 saturated heterocycles. The number of ether oxygens (including phenoxy) is 4. The molecule has 0 aliphatic heterocycles. The van der Waals surface area contributed by atoms with Gasteiger partial charge in [0, 0.05) is 35.7 Å². The molecule has 0 amide bonds. The normalized spacial score (nSPS) is 11.6. The number of phenols is 2. The standard InChI is InChI=1S/C49H62N2O8/c1-5-7-9-11-13-29-56-43-25-19-39(45(52)33-43)35-50-41-21-15-37(16-22-41)47(54)58-31-27-49(3,4)28-32-59-48(55)38-17-23-42(24-18-38)51-36-40-20-26-44(34-46(40)53)57-30-14-12-10-8-6-2/h15-26,33-36,52-53H,5-14,27-32H2,1-4H3. The zero-order chi connectivity index (χ0) is 42.3. The molecule has 0 aliphatic carbocycles. The molecule has 10 heteroatoms. The highest BCUT2D eigenvalue weighted by molar-refractivity contribution is 5.91. The first kappa shape index (κ1) is 46.1. The Kier molecular flexibility index (Phi) is 19.5. The maximum Gasteiger partial charge on any atom is 0.338 e. The summed E-state index contributed by atoms with van der Waals surface area (Å²) in [4.78, 5) is 34.3. The number of carbonyl (C=O) groups excluding carboxylic acids is 2. The Bertz CT molecular complexity index is 1800. The van der Waals surface area contributed by atoms with Crippen LogP contribution in [0.5, 0.6) is 23.0 Å². The lowest BCUT2D eigenvalue weighted by Crippen LogP contribution is -2.20. The van der Waals surface area contributed by atoms with Crippen molar-refractivity contribution in [1.29, 1.82) is 0 Å². The molecule has 0 aromatic heterocycles. The molecule has 0 atom stereocenters. The van der Waals surface area contributed by atoms with Gasteiger partial charge < -0.3 is 29.2 Å². The van der Waals surface area contributed by atoms with Crippen LogP contribution in [0.25, 0.3) is 0 Å².